The number of benzene rings is 2. The Balaban J connectivity index is 1.69. The summed E-state index contributed by atoms with van der Waals surface area (Å²) in [6, 6.07) is 9.97. The average Bonchev–Trinajstić information content (AvgIpc) is 2.81. The molecule has 0 spiro atoms. The standard InChI is InChI=1S/C16H17FN2O5S2/c17-11-1-7-14(8-2-11)26(23,24)19-13-5-3-12(4-6-13)18-15-9-25(21,22)10-16(15)20/h1-8,15-16,18-20H,9-10H2/t15-,16-/m1/s1. The number of sulfonamides is 1. The van der Waals surface area contributed by atoms with Crippen LogP contribution in [0.4, 0.5) is 15.8 Å². The van der Waals surface area contributed by atoms with Gasteiger partial charge in [0, 0.05) is 11.4 Å². The topological polar surface area (TPSA) is 113 Å². The molecular weight excluding hydrogens is 383 g/mol. The van der Waals surface area contributed by atoms with Crippen molar-refractivity contribution in [3.63, 3.8) is 0 Å². The minimum Gasteiger partial charge on any atom is -0.390 e. The quantitative estimate of drug-likeness (QED) is 0.695. The normalized spacial score (nSPS) is 22.1. The van der Waals surface area contributed by atoms with Gasteiger partial charge >= 0.3 is 0 Å². The summed E-state index contributed by atoms with van der Waals surface area (Å²) < 4.78 is 62.8. The second-order valence-electron chi connectivity index (χ2n) is 6.03. The maximum Gasteiger partial charge on any atom is 0.261 e. The summed E-state index contributed by atoms with van der Waals surface area (Å²) in [4.78, 5) is -0.0691. The van der Waals surface area contributed by atoms with Gasteiger partial charge in [-0.2, -0.15) is 0 Å². The van der Waals surface area contributed by atoms with Gasteiger partial charge in [0.1, 0.15) is 5.82 Å². The lowest BCUT2D eigenvalue weighted by Crippen LogP contribution is -2.31. The van der Waals surface area contributed by atoms with Crippen LogP contribution in [-0.4, -0.2) is 45.6 Å². The van der Waals surface area contributed by atoms with E-state index >= 15 is 0 Å². The second kappa shape index (κ2) is 6.86. The molecular formula is C16H17FN2O5S2. The molecule has 2 aromatic rings. The third-order valence-electron chi connectivity index (χ3n) is 3.94. The van der Waals surface area contributed by atoms with Crippen molar-refractivity contribution in [2.75, 3.05) is 21.5 Å². The van der Waals surface area contributed by atoms with Crippen molar-refractivity contribution in [2.45, 2.75) is 17.0 Å². The summed E-state index contributed by atoms with van der Waals surface area (Å²) in [6.45, 7) is 0. The first-order chi connectivity index (χ1) is 12.1. The minimum atomic E-state index is -3.85. The predicted molar refractivity (Wildman–Crippen MR) is 95.7 cm³/mol. The summed E-state index contributed by atoms with van der Waals surface area (Å²) in [5.74, 6) is -0.969. The highest BCUT2D eigenvalue weighted by atomic mass is 32.2. The van der Waals surface area contributed by atoms with E-state index in [1.807, 2.05) is 0 Å². The summed E-state index contributed by atoms with van der Waals surface area (Å²) in [5.41, 5.74) is 0.843. The average molecular weight is 400 g/mol. The Labute approximate surface area is 150 Å². The molecule has 0 radical (unpaired) electrons. The van der Waals surface area contributed by atoms with E-state index in [9.17, 15) is 26.3 Å². The van der Waals surface area contributed by atoms with Crippen molar-refractivity contribution in [3.8, 4) is 0 Å². The zero-order valence-corrected chi connectivity index (χ0v) is 15.1. The Morgan fingerprint density at radius 1 is 0.962 bits per heavy atom. The molecule has 1 fully saturated rings. The monoisotopic (exact) mass is 400 g/mol. The van der Waals surface area contributed by atoms with Crippen molar-refractivity contribution < 1.29 is 26.3 Å². The van der Waals surface area contributed by atoms with Crippen LogP contribution in [0.1, 0.15) is 0 Å². The highest BCUT2D eigenvalue weighted by Crippen LogP contribution is 2.21. The van der Waals surface area contributed by atoms with Crippen molar-refractivity contribution >= 4 is 31.2 Å². The van der Waals surface area contributed by atoms with E-state index < -0.39 is 37.8 Å². The van der Waals surface area contributed by atoms with Gasteiger partial charge in [0.15, 0.2) is 9.84 Å². The van der Waals surface area contributed by atoms with Crippen molar-refractivity contribution in [2.24, 2.45) is 0 Å². The van der Waals surface area contributed by atoms with Gasteiger partial charge in [-0.25, -0.2) is 21.2 Å². The van der Waals surface area contributed by atoms with Crippen molar-refractivity contribution in [1.82, 2.24) is 0 Å². The first-order valence-electron chi connectivity index (χ1n) is 7.68. The number of aliphatic hydroxyl groups excluding tert-OH is 1. The van der Waals surface area contributed by atoms with E-state index in [2.05, 4.69) is 10.0 Å². The Morgan fingerprint density at radius 3 is 2.08 bits per heavy atom. The van der Waals surface area contributed by atoms with Crippen LogP contribution in [0.15, 0.2) is 53.4 Å². The van der Waals surface area contributed by atoms with E-state index in [-0.39, 0.29) is 16.4 Å². The fourth-order valence-corrected chi connectivity index (χ4v) is 5.44. The SMILES string of the molecule is O=S1(=O)C[C@@H](O)[C@H](Nc2ccc(NS(=O)(=O)c3ccc(F)cc3)cc2)C1. The molecule has 1 heterocycles. The predicted octanol–water partition coefficient (Wildman–Crippen LogP) is 1.20. The Kier molecular flexibility index (Phi) is 4.91. The molecule has 0 unspecified atom stereocenters. The number of halogens is 1. The zero-order chi connectivity index (χ0) is 18.9. The van der Waals surface area contributed by atoms with Gasteiger partial charge in [-0.1, -0.05) is 0 Å². The van der Waals surface area contributed by atoms with Gasteiger partial charge in [0.25, 0.3) is 10.0 Å². The Bertz CT molecular complexity index is 990. The van der Waals surface area contributed by atoms with Gasteiger partial charge < -0.3 is 10.4 Å². The Hall–Kier alpha value is -2.17. The van der Waals surface area contributed by atoms with Crippen LogP contribution in [0.25, 0.3) is 0 Å². The molecule has 0 aliphatic carbocycles. The molecule has 3 rings (SSSR count). The van der Waals surface area contributed by atoms with Crippen LogP contribution in [-0.2, 0) is 19.9 Å². The largest absolute Gasteiger partial charge is 0.390 e. The number of anilines is 2. The zero-order valence-electron chi connectivity index (χ0n) is 13.5. The maximum atomic E-state index is 12.9. The highest BCUT2D eigenvalue weighted by molar-refractivity contribution is 7.92. The molecule has 7 nitrogen and oxygen atoms in total. The first-order valence-corrected chi connectivity index (χ1v) is 11.0. The number of sulfone groups is 1. The summed E-state index contributed by atoms with van der Waals surface area (Å²) in [7, 11) is -7.11. The number of hydrogen-bond acceptors (Lipinski definition) is 6. The van der Waals surface area contributed by atoms with Crippen molar-refractivity contribution in [1.29, 1.82) is 0 Å². The van der Waals surface area contributed by atoms with Gasteiger partial charge in [0.05, 0.1) is 28.5 Å². The summed E-state index contributed by atoms with van der Waals surface area (Å²) in [6.07, 6.45) is -0.989. The molecule has 2 aromatic carbocycles. The highest BCUT2D eigenvalue weighted by Gasteiger charge is 2.36. The number of hydrogen-bond donors (Lipinski definition) is 3. The lowest BCUT2D eigenvalue weighted by atomic mass is 10.2. The number of aliphatic hydroxyl groups is 1. The van der Waals surface area contributed by atoms with E-state index in [0.29, 0.717) is 11.4 Å². The molecule has 0 aromatic heterocycles. The van der Waals surface area contributed by atoms with E-state index in [1.165, 1.54) is 12.1 Å². The molecule has 26 heavy (non-hydrogen) atoms. The van der Waals surface area contributed by atoms with Crippen LogP contribution in [0.5, 0.6) is 0 Å². The Morgan fingerprint density at radius 2 is 1.54 bits per heavy atom. The molecule has 1 aliphatic rings. The van der Waals surface area contributed by atoms with Gasteiger partial charge in [-0.3, -0.25) is 4.72 Å². The van der Waals surface area contributed by atoms with Crippen LogP contribution in [0.3, 0.4) is 0 Å². The maximum absolute atomic E-state index is 12.9. The third-order valence-corrected chi connectivity index (χ3v) is 7.05. The molecule has 3 N–H and O–H groups in total. The lowest BCUT2D eigenvalue weighted by Gasteiger charge is -2.16. The number of rotatable bonds is 5. The van der Waals surface area contributed by atoms with Crippen LogP contribution in [0, 0.1) is 5.82 Å². The van der Waals surface area contributed by atoms with Gasteiger partial charge in [-0.15, -0.1) is 0 Å². The third kappa shape index (κ3) is 4.32. The smallest absolute Gasteiger partial charge is 0.261 e. The molecule has 2 atom stereocenters. The molecule has 1 saturated heterocycles. The molecule has 140 valence electrons. The molecule has 0 bridgehead atoms. The second-order valence-corrected chi connectivity index (χ2v) is 9.87. The fourth-order valence-electron chi connectivity index (χ4n) is 2.64. The first kappa shape index (κ1) is 18.6. The van der Waals surface area contributed by atoms with Gasteiger partial charge in [0.2, 0.25) is 0 Å². The van der Waals surface area contributed by atoms with Crippen molar-refractivity contribution in [3.05, 3.63) is 54.3 Å². The summed E-state index contributed by atoms with van der Waals surface area (Å²) in [5, 5.41) is 12.7. The summed E-state index contributed by atoms with van der Waals surface area (Å²) >= 11 is 0. The molecule has 1 aliphatic heterocycles. The van der Waals surface area contributed by atoms with Gasteiger partial charge in [-0.05, 0) is 48.5 Å². The van der Waals surface area contributed by atoms with Crippen LogP contribution < -0.4 is 10.0 Å². The van der Waals surface area contributed by atoms with E-state index in [1.54, 1.807) is 12.1 Å². The fraction of sp³-hybridized carbons (Fsp3) is 0.250. The molecule has 0 saturated carbocycles. The van der Waals surface area contributed by atoms with E-state index in [0.717, 1.165) is 24.3 Å². The molecule has 0 amide bonds. The van der Waals surface area contributed by atoms with Crippen LogP contribution in [0.2, 0.25) is 0 Å². The number of nitrogens with one attached hydrogen (secondary N) is 2. The lowest BCUT2D eigenvalue weighted by molar-refractivity contribution is 0.190. The molecule has 10 heteroatoms. The van der Waals surface area contributed by atoms with Crippen LogP contribution >= 0.6 is 0 Å². The van der Waals surface area contributed by atoms with E-state index in [4.69, 9.17) is 0 Å². The minimum absolute atomic E-state index is 0.0691.